The van der Waals surface area contributed by atoms with E-state index in [2.05, 4.69) is 4.98 Å². The Morgan fingerprint density at radius 2 is 1.84 bits per heavy atom. The SMILES string of the molecule is CCOC(=O)C(C)OC(=O)c1ccccc1-c1nc2ccccc2s1. The van der Waals surface area contributed by atoms with Crippen LogP contribution in [0.4, 0.5) is 0 Å². The summed E-state index contributed by atoms with van der Waals surface area (Å²) < 4.78 is 11.2. The Morgan fingerprint density at radius 1 is 1.12 bits per heavy atom. The van der Waals surface area contributed by atoms with Gasteiger partial charge in [-0.2, -0.15) is 0 Å². The smallest absolute Gasteiger partial charge is 0.347 e. The van der Waals surface area contributed by atoms with Crippen molar-refractivity contribution < 1.29 is 19.1 Å². The maximum absolute atomic E-state index is 12.5. The fraction of sp³-hybridized carbons (Fsp3) is 0.211. The van der Waals surface area contributed by atoms with Gasteiger partial charge < -0.3 is 9.47 Å². The molecule has 0 bridgehead atoms. The maximum atomic E-state index is 12.5. The maximum Gasteiger partial charge on any atom is 0.347 e. The van der Waals surface area contributed by atoms with Crippen LogP contribution >= 0.6 is 11.3 Å². The van der Waals surface area contributed by atoms with Crippen molar-refractivity contribution in [3.05, 3.63) is 54.1 Å². The molecule has 2 aromatic carbocycles. The first-order valence-electron chi connectivity index (χ1n) is 7.92. The summed E-state index contributed by atoms with van der Waals surface area (Å²) in [7, 11) is 0. The summed E-state index contributed by atoms with van der Waals surface area (Å²) in [6.45, 7) is 3.44. The molecular formula is C19H17NO4S. The van der Waals surface area contributed by atoms with Crippen LogP contribution in [0.15, 0.2) is 48.5 Å². The average molecular weight is 355 g/mol. The van der Waals surface area contributed by atoms with Gasteiger partial charge in [-0.25, -0.2) is 14.6 Å². The third-order valence-electron chi connectivity index (χ3n) is 3.57. The van der Waals surface area contributed by atoms with Gasteiger partial charge >= 0.3 is 11.9 Å². The van der Waals surface area contributed by atoms with E-state index in [9.17, 15) is 9.59 Å². The Labute approximate surface area is 149 Å². The zero-order valence-electron chi connectivity index (χ0n) is 13.9. The Hall–Kier alpha value is -2.73. The second-order valence-corrected chi connectivity index (χ2v) is 6.36. The van der Waals surface area contributed by atoms with Crippen molar-refractivity contribution in [3.63, 3.8) is 0 Å². The third-order valence-corrected chi connectivity index (χ3v) is 4.64. The molecule has 1 heterocycles. The highest BCUT2D eigenvalue weighted by Crippen LogP contribution is 2.32. The van der Waals surface area contributed by atoms with Gasteiger partial charge in [0.25, 0.3) is 0 Å². The molecule has 0 aliphatic rings. The number of hydrogen-bond donors (Lipinski definition) is 0. The molecule has 128 valence electrons. The predicted octanol–water partition coefficient (Wildman–Crippen LogP) is 4.07. The van der Waals surface area contributed by atoms with E-state index in [1.807, 2.05) is 36.4 Å². The van der Waals surface area contributed by atoms with Crippen molar-refractivity contribution in [3.8, 4) is 10.6 Å². The molecule has 0 spiro atoms. The van der Waals surface area contributed by atoms with Gasteiger partial charge in [0.05, 0.1) is 22.4 Å². The first kappa shape index (κ1) is 17.1. The monoisotopic (exact) mass is 355 g/mol. The second-order valence-electron chi connectivity index (χ2n) is 5.33. The average Bonchev–Trinajstić information content (AvgIpc) is 3.05. The van der Waals surface area contributed by atoms with Gasteiger partial charge in [0.1, 0.15) is 5.01 Å². The first-order valence-corrected chi connectivity index (χ1v) is 8.74. The highest BCUT2D eigenvalue weighted by molar-refractivity contribution is 7.21. The molecule has 6 heteroatoms. The largest absolute Gasteiger partial charge is 0.463 e. The van der Waals surface area contributed by atoms with Crippen LogP contribution < -0.4 is 0 Å². The molecule has 0 fully saturated rings. The topological polar surface area (TPSA) is 65.5 Å². The third kappa shape index (κ3) is 3.69. The van der Waals surface area contributed by atoms with Crippen molar-refractivity contribution in [1.82, 2.24) is 4.98 Å². The van der Waals surface area contributed by atoms with Crippen LogP contribution in [0.1, 0.15) is 24.2 Å². The Morgan fingerprint density at radius 3 is 2.60 bits per heavy atom. The summed E-state index contributed by atoms with van der Waals surface area (Å²) in [5.41, 5.74) is 1.94. The van der Waals surface area contributed by atoms with Gasteiger partial charge in [0.2, 0.25) is 0 Å². The van der Waals surface area contributed by atoms with E-state index in [1.54, 1.807) is 19.1 Å². The lowest BCUT2D eigenvalue weighted by molar-refractivity contribution is -0.152. The fourth-order valence-corrected chi connectivity index (χ4v) is 3.37. The standard InChI is InChI=1S/C19H17NO4S/c1-3-23-18(21)12(2)24-19(22)14-9-5-4-8-13(14)17-20-15-10-6-7-11-16(15)25-17/h4-12H,3H2,1-2H3. The number of nitrogens with zero attached hydrogens (tertiary/aromatic N) is 1. The number of thiazole rings is 1. The van der Waals surface area contributed by atoms with Crippen LogP contribution in [0.25, 0.3) is 20.8 Å². The normalized spacial score (nSPS) is 11.9. The van der Waals surface area contributed by atoms with Gasteiger partial charge in [0.15, 0.2) is 6.10 Å². The highest BCUT2D eigenvalue weighted by atomic mass is 32.1. The molecule has 1 unspecified atom stereocenters. The van der Waals surface area contributed by atoms with Crippen LogP contribution in [0.5, 0.6) is 0 Å². The van der Waals surface area contributed by atoms with Crippen molar-refractivity contribution in [1.29, 1.82) is 0 Å². The van der Waals surface area contributed by atoms with Gasteiger partial charge in [-0.05, 0) is 32.0 Å². The first-order chi connectivity index (χ1) is 12.1. The summed E-state index contributed by atoms with van der Waals surface area (Å²) in [4.78, 5) is 28.8. The second kappa shape index (κ2) is 7.44. The van der Waals surface area contributed by atoms with E-state index in [0.29, 0.717) is 11.1 Å². The van der Waals surface area contributed by atoms with Crippen LogP contribution in [0.3, 0.4) is 0 Å². The molecule has 0 amide bonds. The molecular weight excluding hydrogens is 338 g/mol. The Kier molecular flexibility index (Phi) is 5.09. The molecule has 5 nitrogen and oxygen atoms in total. The fourth-order valence-electron chi connectivity index (χ4n) is 2.37. The van der Waals surface area contributed by atoms with Crippen LogP contribution in [0, 0.1) is 0 Å². The number of aromatic nitrogens is 1. The van der Waals surface area contributed by atoms with Gasteiger partial charge in [0, 0.05) is 5.56 Å². The zero-order valence-corrected chi connectivity index (χ0v) is 14.7. The van der Waals surface area contributed by atoms with Crippen LogP contribution in [-0.4, -0.2) is 29.6 Å². The van der Waals surface area contributed by atoms with Crippen molar-refractivity contribution in [2.24, 2.45) is 0 Å². The molecule has 0 N–H and O–H groups in total. The van der Waals surface area contributed by atoms with Gasteiger partial charge in [-0.15, -0.1) is 11.3 Å². The minimum absolute atomic E-state index is 0.239. The highest BCUT2D eigenvalue weighted by Gasteiger charge is 2.22. The van der Waals surface area contributed by atoms with E-state index >= 15 is 0 Å². The van der Waals surface area contributed by atoms with Gasteiger partial charge in [-0.1, -0.05) is 30.3 Å². The molecule has 0 radical (unpaired) electrons. The number of para-hydroxylation sites is 1. The van der Waals surface area contributed by atoms with Crippen LogP contribution in [0.2, 0.25) is 0 Å². The zero-order chi connectivity index (χ0) is 17.8. The quantitative estimate of drug-likeness (QED) is 0.646. The molecule has 25 heavy (non-hydrogen) atoms. The Bertz CT molecular complexity index is 885. The molecule has 0 aliphatic heterocycles. The number of carbonyl (C=O) groups excluding carboxylic acids is 2. The molecule has 3 aromatic rings. The summed E-state index contributed by atoms with van der Waals surface area (Å²) in [5.74, 6) is -1.14. The lowest BCUT2D eigenvalue weighted by Gasteiger charge is -2.13. The lowest BCUT2D eigenvalue weighted by Crippen LogP contribution is -2.26. The number of ether oxygens (including phenoxy) is 2. The number of esters is 2. The Balaban J connectivity index is 1.90. The van der Waals surface area contributed by atoms with Gasteiger partial charge in [-0.3, -0.25) is 0 Å². The molecule has 1 atom stereocenters. The van der Waals surface area contributed by atoms with Crippen molar-refractivity contribution in [2.45, 2.75) is 20.0 Å². The summed E-state index contributed by atoms with van der Waals surface area (Å²) in [5, 5.41) is 0.734. The summed E-state index contributed by atoms with van der Waals surface area (Å²) >= 11 is 1.50. The molecule has 1 aromatic heterocycles. The predicted molar refractivity (Wildman–Crippen MR) is 96.6 cm³/mol. The molecule has 3 rings (SSSR count). The van der Waals surface area contributed by atoms with E-state index in [-0.39, 0.29) is 6.61 Å². The number of benzene rings is 2. The number of rotatable bonds is 5. The number of carbonyl (C=O) groups is 2. The minimum Gasteiger partial charge on any atom is -0.463 e. The number of hydrogen-bond acceptors (Lipinski definition) is 6. The van der Waals surface area contributed by atoms with E-state index in [4.69, 9.17) is 9.47 Å². The number of fused-ring (bicyclic) bond motifs is 1. The van der Waals surface area contributed by atoms with E-state index < -0.39 is 18.0 Å². The van der Waals surface area contributed by atoms with Crippen LogP contribution in [-0.2, 0) is 14.3 Å². The minimum atomic E-state index is -0.962. The lowest BCUT2D eigenvalue weighted by atomic mass is 10.1. The summed E-state index contributed by atoms with van der Waals surface area (Å²) in [6.07, 6.45) is -0.962. The van der Waals surface area contributed by atoms with Crippen molar-refractivity contribution >= 4 is 33.5 Å². The summed E-state index contributed by atoms with van der Waals surface area (Å²) in [6, 6.07) is 14.9. The van der Waals surface area contributed by atoms with Crippen molar-refractivity contribution in [2.75, 3.05) is 6.61 Å². The molecule has 0 saturated carbocycles. The molecule has 0 saturated heterocycles. The molecule has 0 aliphatic carbocycles. The van der Waals surface area contributed by atoms with E-state index in [1.165, 1.54) is 18.3 Å². The van der Waals surface area contributed by atoms with E-state index in [0.717, 1.165) is 15.2 Å².